The molecule has 4 fully saturated rings. The average Bonchev–Trinajstić information content (AvgIpc) is 2.87. The number of hydrogen-bond acceptors (Lipinski definition) is 3. The predicted molar refractivity (Wildman–Crippen MR) is 94.4 cm³/mol. The minimum Gasteiger partial charge on any atom is -0.393 e. The summed E-state index contributed by atoms with van der Waals surface area (Å²) in [6.45, 7) is 7.06. The van der Waals surface area contributed by atoms with Gasteiger partial charge in [0, 0.05) is 11.8 Å². The fraction of sp³-hybridized carbons (Fsp3) is 1.00. The molecule has 4 unspecified atom stereocenters. The maximum atomic E-state index is 11.4. The fourth-order valence-corrected chi connectivity index (χ4v) is 8.04. The highest BCUT2D eigenvalue weighted by Crippen LogP contribution is 2.68. The van der Waals surface area contributed by atoms with Crippen LogP contribution < -0.4 is 0 Å². The summed E-state index contributed by atoms with van der Waals surface area (Å²) < 4.78 is 0. The van der Waals surface area contributed by atoms with Crippen LogP contribution in [0.5, 0.6) is 0 Å². The Bertz CT molecular complexity index is 507. The number of fused-ring (bicyclic) bond motifs is 5. The van der Waals surface area contributed by atoms with Gasteiger partial charge in [0.25, 0.3) is 0 Å². The molecule has 0 heterocycles. The lowest BCUT2D eigenvalue weighted by molar-refractivity contribution is -0.264. The van der Waals surface area contributed by atoms with Crippen LogP contribution in [0.15, 0.2) is 0 Å². The van der Waals surface area contributed by atoms with Crippen molar-refractivity contribution in [3.63, 3.8) is 0 Å². The molecule has 0 aromatic heterocycles. The predicted octanol–water partition coefficient (Wildman–Crippen LogP) is 3.50. The first-order valence-corrected chi connectivity index (χ1v) is 10.3. The van der Waals surface area contributed by atoms with Gasteiger partial charge in [-0.2, -0.15) is 0 Å². The van der Waals surface area contributed by atoms with Crippen LogP contribution in [0.3, 0.4) is 0 Å². The Morgan fingerprint density at radius 3 is 2.42 bits per heavy atom. The van der Waals surface area contributed by atoms with Crippen molar-refractivity contribution in [3.05, 3.63) is 0 Å². The van der Waals surface area contributed by atoms with Gasteiger partial charge in [0.1, 0.15) is 0 Å². The summed E-state index contributed by atoms with van der Waals surface area (Å²) in [7, 11) is 0. The summed E-state index contributed by atoms with van der Waals surface area (Å²) in [4.78, 5) is 0. The summed E-state index contributed by atoms with van der Waals surface area (Å²) in [6, 6.07) is 0. The number of hydrogen-bond donors (Lipinski definition) is 3. The highest BCUT2D eigenvalue weighted by atomic mass is 16.3. The van der Waals surface area contributed by atoms with Gasteiger partial charge >= 0.3 is 0 Å². The zero-order valence-electron chi connectivity index (χ0n) is 15.7. The molecule has 3 N–H and O–H groups in total. The molecular weight excluding hydrogens is 300 g/mol. The van der Waals surface area contributed by atoms with E-state index in [1.54, 1.807) is 0 Å². The fourth-order valence-electron chi connectivity index (χ4n) is 8.04. The van der Waals surface area contributed by atoms with Gasteiger partial charge in [0.05, 0.1) is 17.8 Å². The molecule has 0 bridgehead atoms. The molecule has 0 aliphatic heterocycles. The Balaban J connectivity index is 1.69. The van der Waals surface area contributed by atoms with Crippen molar-refractivity contribution >= 4 is 0 Å². The SMILES string of the molecule is CCC1CCC2C3C[C@@H](O)[C@@]4(O)C[C@@H](O)CC[C@]4(C)C3CC[C@]12C. The average molecular weight is 337 g/mol. The van der Waals surface area contributed by atoms with E-state index in [4.69, 9.17) is 0 Å². The molecule has 0 radical (unpaired) electrons. The topological polar surface area (TPSA) is 60.7 Å². The lowest BCUT2D eigenvalue weighted by Crippen LogP contribution is -2.68. The van der Waals surface area contributed by atoms with E-state index in [2.05, 4.69) is 20.8 Å². The maximum Gasteiger partial charge on any atom is 0.0985 e. The normalized spacial score (nSPS) is 60.2. The molecule has 4 aliphatic carbocycles. The van der Waals surface area contributed by atoms with Crippen LogP contribution in [-0.4, -0.2) is 33.1 Å². The van der Waals surface area contributed by atoms with Crippen molar-refractivity contribution < 1.29 is 15.3 Å². The van der Waals surface area contributed by atoms with Crippen LogP contribution >= 0.6 is 0 Å². The third kappa shape index (κ3) is 2.01. The van der Waals surface area contributed by atoms with Crippen molar-refractivity contribution in [3.8, 4) is 0 Å². The van der Waals surface area contributed by atoms with Crippen LogP contribution in [0.25, 0.3) is 0 Å². The highest BCUT2D eigenvalue weighted by molar-refractivity contribution is 5.16. The Morgan fingerprint density at radius 1 is 0.958 bits per heavy atom. The van der Waals surface area contributed by atoms with E-state index in [0.29, 0.717) is 29.6 Å². The quantitative estimate of drug-likeness (QED) is 0.687. The second-order valence-electron chi connectivity index (χ2n) is 10.1. The van der Waals surface area contributed by atoms with Gasteiger partial charge in [0.15, 0.2) is 0 Å². The van der Waals surface area contributed by atoms with E-state index in [1.807, 2.05) is 0 Å². The summed E-state index contributed by atoms with van der Waals surface area (Å²) in [5.41, 5.74) is -0.891. The monoisotopic (exact) mass is 336 g/mol. The lowest BCUT2D eigenvalue weighted by atomic mass is 9.42. The first-order chi connectivity index (χ1) is 11.3. The van der Waals surface area contributed by atoms with Crippen molar-refractivity contribution in [2.24, 2.45) is 34.5 Å². The number of aliphatic hydroxyl groups excluding tert-OH is 2. The van der Waals surface area contributed by atoms with Gasteiger partial charge in [-0.1, -0.05) is 27.2 Å². The van der Waals surface area contributed by atoms with Crippen LogP contribution in [0.1, 0.15) is 78.6 Å². The largest absolute Gasteiger partial charge is 0.393 e. The van der Waals surface area contributed by atoms with Gasteiger partial charge in [-0.25, -0.2) is 0 Å². The molecule has 3 nitrogen and oxygen atoms in total. The van der Waals surface area contributed by atoms with Crippen molar-refractivity contribution in [2.45, 2.75) is 96.4 Å². The number of rotatable bonds is 1. The number of aliphatic hydroxyl groups is 3. The van der Waals surface area contributed by atoms with Gasteiger partial charge in [0.2, 0.25) is 0 Å². The van der Waals surface area contributed by atoms with Gasteiger partial charge in [-0.05, 0) is 74.0 Å². The van der Waals surface area contributed by atoms with Gasteiger partial charge < -0.3 is 15.3 Å². The van der Waals surface area contributed by atoms with Crippen LogP contribution in [0.2, 0.25) is 0 Å². The Hall–Kier alpha value is -0.120. The zero-order valence-corrected chi connectivity index (χ0v) is 15.7. The summed E-state index contributed by atoms with van der Waals surface area (Å²) in [5.74, 6) is 2.61. The molecule has 0 aromatic carbocycles. The van der Waals surface area contributed by atoms with E-state index in [1.165, 1.54) is 32.1 Å². The lowest BCUT2D eigenvalue weighted by Gasteiger charge is -2.65. The van der Waals surface area contributed by atoms with Crippen LogP contribution in [-0.2, 0) is 0 Å². The van der Waals surface area contributed by atoms with E-state index in [9.17, 15) is 15.3 Å². The maximum absolute atomic E-state index is 11.4. The first-order valence-electron chi connectivity index (χ1n) is 10.3. The summed E-state index contributed by atoms with van der Waals surface area (Å²) >= 11 is 0. The van der Waals surface area contributed by atoms with Crippen molar-refractivity contribution in [1.82, 2.24) is 0 Å². The van der Waals surface area contributed by atoms with E-state index in [-0.39, 0.29) is 5.41 Å². The molecule has 0 saturated heterocycles. The Labute approximate surface area is 146 Å². The van der Waals surface area contributed by atoms with Crippen molar-refractivity contribution in [1.29, 1.82) is 0 Å². The molecule has 4 saturated carbocycles. The summed E-state index contributed by atoms with van der Waals surface area (Å²) in [6.07, 6.45) is 7.97. The Kier molecular flexibility index (Phi) is 3.92. The molecule has 4 aliphatic rings. The summed E-state index contributed by atoms with van der Waals surface area (Å²) in [5, 5.41) is 32.5. The Morgan fingerprint density at radius 2 is 1.71 bits per heavy atom. The molecule has 24 heavy (non-hydrogen) atoms. The minimum atomic E-state index is -1.09. The first kappa shape index (κ1) is 17.3. The van der Waals surface area contributed by atoms with Crippen LogP contribution in [0, 0.1) is 34.5 Å². The van der Waals surface area contributed by atoms with Crippen LogP contribution in [0.4, 0.5) is 0 Å². The highest BCUT2D eigenvalue weighted by Gasteiger charge is 2.67. The van der Waals surface area contributed by atoms with Crippen molar-refractivity contribution in [2.75, 3.05) is 0 Å². The zero-order chi connectivity index (χ0) is 17.3. The standard InChI is InChI=1S/C21H36O3/c1-4-13-5-6-16-15-11-18(23)21(24)12-14(22)7-10-20(21,3)17(15)8-9-19(13,16)2/h13-18,22-24H,4-12H2,1-3H3/t13?,14-,15?,16?,17?,18+,19+,20+,21-/m0/s1. The third-order valence-corrected chi connectivity index (χ3v) is 9.52. The van der Waals surface area contributed by atoms with E-state index >= 15 is 0 Å². The third-order valence-electron chi connectivity index (χ3n) is 9.52. The van der Waals surface area contributed by atoms with E-state index < -0.39 is 17.8 Å². The van der Waals surface area contributed by atoms with Gasteiger partial charge in [-0.3, -0.25) is 0 Å². The van der Waals surface area contributed by atoms with E-state index in [0.717, 1.165) is 25.2 Å². The molecular formula is C21H36O3. The second-order valence-corrected chi connectivity index (χ2v) is 10.1. The van der Waals surface area contributed by atoms with Gasteiger partial charge in [-0.15, -0.1) is 0 Å². The minimum absolute atomic E-state index is 0.236. The second kappa shape index (κ2) is 5.44. The molecule has 0 amide bonds. The molecule has 3 heteroatoms. The molecule has 4 rings (SSSR count). The smallest absolute Gasteiger partial charge is 0.0985 e. The molecule has 9 atom stereocenters. The molecule has 138 valence electrons. The molecule has 0 aromatic rings. The molecule has 0 spiro atoms.